The average molecular weight is 613 g/mol. The normalized spacial score (nSPS) is 25.3. The average Bonchev–Trinajstić information content (AvgIpc) is 2.82. The third-order valence-electron chi connectivity index (χ3n) is 7.38. The summed E-state index contributed by atoms with van der Waals surface area (Å²) in [5.41, 5.74) is 2.20. The Bertz CT molecular complexity index is 1520. The lowest BCUT2D eigenvalue weighted by Gasteiger charge is -2.50. The number of nitrogens with zero attached hydrogens (tertiary/aromatic N) is 1. The van der Waals surface area contributed by atoms with E-state index in [1.165, 1.54) is 11.0 Å². The van der Waals surface area contributed by atoms with Crippen molar-refractivity contribution in [1.82, 2.24) is 4.90 Å². The van der Waals surface area contributed by atoms with E-state index in [0.717, 1.165) is 0 Å². The van der Waals surface area contributed by atoms with Crippen LogP contribution in [0.5, 0.6) is 5.75 Å². The molecule has 0 fully saturated rings. The Balaban J connectivity index is 0.000000892. The Labute approximate surface area is 240 Å². The van der Waals surface area contributed by atoms with Crippen LogP contribution < -0.4 is 16.4 Å². The van der Waals surface area contributed by atoms with Crippen molar-refractivity contribution in [2.24, 2.45) is 17.6 Å². The highest BCUT2D eigenvalue weighted by Crippen LogP contribution is 2.53. The number of benzene rings is 1. The van der Waals surface area contributed by atoms with E-state index in [1.807, 2.05) is 13.8 Å². The van der Waals surface area contributed by atoms with Gasteiger partial charge in [-0.25, -0.2) is 0 Å². The Hall–Kier alpha value is -4.03. The first-order chi connectivity index (χ1) is 19.3. The lowest BCUT2D eigenvalue weighted by molar-refractivity contribution is -0.148. The standard InChI is InChI=1S/C25H30N4O8.H2O4S/c1-9(2)28-13-7-14(27-8-30)19(31)16-11(13)5-10-6-12-18(29(3)4)21(33)17(24(26)36)23(35)25(12,37)22(34)15(10)20(16)32;1-5(2,3)4/h7-10,12,18,28,31,33-34,37H,5-6H2,1-4H3,(H2,26,36)(H,27,30);(H2,1,2,3,4)/t10?,12?,18-,25-;/m0./s1. The highest BCUT2D eigenvalue weighted by Gasteiger charge is 2.63. The molecule has 0 bridgehead atoms. The van der Waals surface area contributed by atoms with Crippen LogP contribution in [0.2, 0.25) is 0 Å². The van der Waals surface area contributed by atoms with Gasteiger partial charge in [0.1, 0.15) is 17.1 Å². The first-order valence-electron chi connectivity index (χ1n) is 12.5. The fourth-order valence-corrected chi connectivity index (χ4v) is 5.93. The molecule has 0 saturated heterocycles. The van der Waals surface area contributed by atoms with Gasteiger partial charge in [-0.05, 0) is 58.3 Å². The van der Waals surface area contributed by atoms with Crippen LogP contribution in [0.1, 0.15) is 36.2 Å². The molecule has 0 saturated carbocycles. The molecular formula is C25H32N4O12S. The van der Waals surface area contributed by atoms with E-state index in [4.69, 9.17) is 23.3 Å². The van der Waals surface area contributed by atoms with Crippen molar-refractivity contribution in [2.75, 3.05) is 24.7 Å². The van der Waals surface area contributed by atoms with Crippen molar-refractivity contribution >= 4 is 45.7 Å². The molecule has 3 aliphatic rings. The number of primary amides is 1. The van der Waals surface area contributed by atoms with E-state index < -0.39 is 74.2 Å². The molecule has 0 radical (unpaired) electrons. The van der Waals surface area contributed by atoms with E-state index in [2.05, 4.69) is 10.6 Å². The first-order valence-corrected chi connectivity index (χ1v) is 13.9. The number of anilines is 2. The summed E-state index contributed by atoms with van der Waals surface area (Å²) in [6, 6.07) is 0.369. The molecule has 17 heteroatoms. The molecule has 10 N–H and O–H groups in total. The van der Waals surface area contributed by atoms with Gasteiger partial charge in [0.25, 0.3) is 5.91 Å². The van der Waals surface area contributed by atoms with Crippen LogP contribution in [0.15, 0.2) is 28.7 Å². The Morgan fingerprint density at radius 1 is 1.17 bits per heavy atom. The van der Waals surface area contributed by atoms with Crippen molar-refractivity contribution in [3.05, 3.63) is 39.9 Å². The number of likely N-dealkylation sites (N-methyl/N-ethyl adjacent to an activating group) is 1. The number of hydrogen-bond acceptors (Lipinski definition) is 12. The number of aliphatic hydroxyl groups excluding tert-OH is 2. The summed E-state index contributed by atoms with van der Waals surface area (Å²) in [6.07, 6.45) is 0.466. The van der Waals surface area contributed by atoms with Crippen molar-refractivity contribution in [3.8, 4) is 5.75 Å². The number of phenolic OH excluding ortho intramolecular Hbond substituents is 1. The number of fused-ring (bicyclic) bond motifs is 3. The molecule has 4 atom stereocenters. The molecule has 16 nitrogen and oxygen atoms in total. The number of allylic oxidation sites excluding steroid dienone is 1. The third kappa shape index (κ3) is 5.56. The zero-order valence-electron chi connectivity index (χ0n) is 22.9. The van der Waals surface area contributed by atoms with Crippen LogP contribution in [0.4, 0.5) is 11.4 Å². The predicted molar refractivity (Wildman–Crippen MR) is 146 cm³/mol. The molecular weight excluding hydrogens is 580 g/mol. The van der Waals surface area contributed by atoms with Gasteiger partial charge in [-0.1, -0.05) is 0 Å². The van der Waals surface area contributed by atoms with Crippen LogP contribution in [-0.4, -0.2) is 98.5 Å². The third-order valence-corrected chi connectivity index (χ3v) is 7.38. The molecule has 0 spiro atoms. The van der Waals surface area contributed by atoms with Gasteiger partial charge in [0.15, 0.2) is 17.1 Å². The van der Waals surface area contributed by atoms with E-state index in [-0.39, 0.29) is 35.7 Å². The predicted octanol–water partition coefficient (Wildman–Crippen LogP) is -0.144. The summed E-state index contributed by atoms with van der Waals surface area (Å²) in [6.45, 7) is 3.74. The minimum absolute atomic E-state index is 0.0119. The smallest absolute Gasteiger partial charge is 0.394 e. The number of nitrogens with one attached hydrogen (secondary N) is 2. The Kier molecular flexibility index (Phi) is 8.76. The van der Waals surface area contributed by atoms with Crippen molar-refractivity contribution in [2.45, 2.75) is 44.4 Å². The molecule has 0 aromatic heterocycles. The molecule has 4 rings (SSSR count). The fraction of sp³-hybridized carbons (Fsp3) is 0.440. The summed E-state index contributed by atoms with van der Waals surface area (Å²) in [7, 11) is -1.53. The van der Waals surface area contributed by atoms with Crippen LogP contribution in [-0.2, 0) is 31.2 Å². The largest absolute Gasteiger partial charge is 0.510 e. The number of carbonyl (C=O) groups is 4. The van der Waals surface area contributed by atoms with Gasteiger partial charge in [0.2, 0.25) is 12.2 Å². The zero-order valence-corrected chi connectivity index (χ0v) is 23.8. The minimum atomic E-state index is -4.67. The summed E-state index contributed by atoms with van der Waals surface area (Å²) in [5, 5.41) is 50.2. The molecule has 1 aromatic carbocycles. The van der Waals surface area contributed by atoms with Gasteiger partial charge >= 0.3 is 10.4 Å². The minimum Gasteiger partial charge on any atom is -0.510 e. The highest BCUT2D eigenvalue weighted by molar-refractivity contribution is 7.79. The van der Waals surface area contributed by atoms with Crippen molar-refractivity contribution in [1.29, 1.82) is 0 Å². The van der Waals surface area contributed by atoms with E-state index in [1.54, 1.807) is 14.1 Å². The Morgan fingerprint density at radius 3 is 2.21 bits per heavy atom. The number of aromatic hydroxyl groups is 1. The summed E-state index contributed by atoms with van der Waals surface area (Å²) in [4.78, 5) is 51.8. The van der Waals surface area contributed by atoms with E-state index in [9.17, 15) is 39.6 Å². The maximum absolute atomic E-state index is 13.8. The number of carbonyl (C=O) groups excluding carboxylic acids is 4. The molecule has 2 unspecified atom stereocenters. The quantitative estimate of drug-likeness (QED) is 0.0665. The first kappa shape index (κ1) is 32.5. The fourth-order valence-electron chi connectivity index (χ4n) is 5.93. The number of phenols is 1. The molecule has 3 aliphatic carbocycles. The lowest BCUT2D eigenvalue weighted by Crippen LogP contribution is -2.63. The zero-order chi connectivity index (χ0) is 32.1. The molecule has 230 valence electrons. The van der Waals surface area contributed by atoms with E-state index in [0.29, 0.717) is 17.7 Å². The van der Waals surface area contributed by atoms with Gasteiger partial charge in [-0.2, -0.15) is 8.42 Å². The van der Waals surface area contributed by atoms with Crippen LogP contribution in [0.3, 0.4) is 0 Å². The maximum Gasteiger partial charge on any atom is 0.394 e. The van der Waals surface area contributed by atoms with Crippen LogP contribution in [0.25, 0.3) is 0 Å². The Morgan fingerprint density at radius 2 is 1.74 bits per heavy atom. The topological polar surface area (TPSA) is 277 Å². The molecule has 2 amide bonds. The molecule has 42 heavy (non-hydrogen) atoms. The lowest BCUT2D eigenvalue weighted by atomic mass is 9.58. The second kappa shape index (κ2) is 11.3. The molecule has 1 aromatic rings. The van der Waals surface area contributed by atoms with Crippen LogP contribution >= 0.6 is 0 Å². The number of nitrogens with two attached hydrogens (primary N) is 1. The van der Waals surface area contributed by atoms with Gasteiger partial charge < -0.3 is 36.8 Å². The van der Waals surface area contributed by atoms with Crippen molar-refractivity contribution in [3.63, 3.8) is 0 Å². The maximum atomic E-state index is 13.8. The van der Waals surface area contributed by atoms with Gasteiger partial charge in [-0.3, -0.25) is 33.2 Å². The number of Topliss-reactive ketones (excluding diaryl/α,β-unsaturated/α-hetero) is 2. The summed E-state index contributed by atoms with van der Waals surface area (Å²) >= 11 is 0. The summed E-state index contributed by atoms with van der Waals surface area (Å²) < 4.78 is 31.6. The van der Waals surface area contributed by atoms with E-state index >= 15 is 0 Å². The van der Waals surface area contributed by atoms with Gasteiger partial charge in [0, 0.05) is 23.2 Å². The number of amides is 2. The monoisotopic (exact) mass is 612 g/mol. The number of ketones is 2. The number of rotatable bonds is 6. The van der Waals surface area contributed by atoms with Gasteiger partial charge in [0.05, 0.1) is 17.3 Å². The van der Waals surface area contributed by atoms with Crippen LogP contribution in [0, 0.1) is 11.8 Å². The highest BCUT2D eigenvalue weighted by atomic mass is 32.3. The van der Waals surface area contributed by atoms with Crippen molar-refractivity contribution < 1.29 is 57.1 Å². The summed E-state index contributed by atoms with van der Waals surface area (Å²) in [5.74, 6) is -7.31. The second-order valence-electron chi connectivity index (χ2n) is 10.6. The number of aliphatic hydroxyl groups is 3. The SMILES string of the molecule is CC(C)Nc1cc(NC=O)c(O)c2c1CC1CC3[C@H](N(C)C)C(O)=C(C(N)=O)C(=O)[C@@]3(O)C(O)=C1C2=O.O=S(=O)(O)O. The van der Waals surface area contributed by atoms with Gasteiger partial charge in [-0.15, -0.1) is 0 Å². The second-order valence-corrected chi connectivity index (χ2v) is 11.5. The molecule has 0 heterocycles. The molecule has 0 aliphatic heterocycles. The number of hydrogen-bond donors (Lipinski definition) is 9.